The number of rotatable bonds is 9. The third-order valence-electron chi connectivity index (χ3n) is 10.8. The van der Waals surface area contributed by atoms with E-state index in [1.54, 1.807) is 36.4 Å². The van der Waals surface area contributed by atoms with Crippen LogP contribution in [0.15, 0.2) is 102 Å². The molecule has 4 amide bonds. The Morgan fingerprint density at radius 3 is 2.41 bits per heavy atom. The van der Waals surface area contributed by atoms with Gasteiger partial charge >= 0.3 is 0 Å². The van der Waals surface area contributed by atoms with Crippen molar-refractivity contribution >= 4 is 52.3 Å². The number of carbonyl (C=O) groups is 4. The largest absolute Gasteiger partial charge is 0.491 e. The van der Waals surface area contributed by atoms with Crippen LogP contribution in [-0.2, 0) is 31.1 Å². The summed E-state index contributed by atoms with van der Waals surface area (Å²) in [7, 11) is 0. The summed E-state index contributed by atoms with van der Waals surface area (Å²) in [6, 6.07) is 23.2. The minimum atomic E-state index is -1.54. The van der Waals surface area contributed by atoms with E-state index in [0.717, 1.165) is 15.5 Å². The molecule has 2 aliphatic heterocycles. The van der Waals surface area contributed by atoms with Crippen LogP contribution in [0.3, 0.4) is 0 Å². The SMILES string of the molecule is O=C1[C@H]2[C@H](CC=C3[C@H]2C[C@H]2C(=O)N(Nc4ccc(F)cc4)C(=O)[C@@]2(c2ccc(Cl)cc2)[C@H]3c2ccccc2OCCO)C(=O)N1Cc1cccs1. The normalized spacial score (nSPS) is 26.9. The number of hydrazine groups is 1. The Labute approximate surface area is 302 Å². The number of para-hydroxylation sites is 1. The van der Waals surface area contributed by atoms with Gasteiger partial charge in [0.05, 0.1) is 42.0 Å². The second-order valence-corrected chi connectivity index (χ2v) is 14.8. The topological polar surface area (TPSA) is 116 Å². The van der Waals surface area contributed by atoms with Gasteiger partial charge in [-0.25, -0.2) is 4.39 Å². The highest BCUT2D eigenvalue weighted by molar-refractivity contribution is 7.09. The molecule has 1 aromatic heterocycles. The summed E-state index contributed by atoms with van der Waals surface area (Å²) in [5.74, 6) is -5.27. The number of aliphatic hydroxyl groups is 1. The van der Waals surface area contributed by atoms with E-state index in [-0.39, 0.29) is 38.0 Å². The summed E-state index contributed by atoms with van der Waals surface area (Å²) in [6.07, 6.45) is 2.41. The highest BCUT2D eigenvalue weighted by Crippen LogP contribution is 2.65. The Morgan fingerprint density at radius 2 is 1.69 bits per heavy atom. The number of benzene rings is 3. The molecule has 3 aromatic carbocycles. The van der Waals surface area contributed by atoms with Crippen molar-refractivity contribution in [1.29, 1.82) is 0 Å². The summed E-state index contributed by atoms with van der Waals surface area (Å²) in [6.45, 7) is -0.0802. The molecule has 0 spiro atoms. The molecule has 4 aromatic rings. The lowest BCUT2D eigenvalue weighted by molar-refractivity contribution is -0.141. The van der Waals surface area contributed by atoms with Crippen LogP contribution in [-0.4, -0.2) is 51.9 Å². The highest BCUT2D eigenvalue weighted by Gasteiger charge is 2.70. The number of nitrogens with one attached hydrogen (secondary N) is 1. The summed E-state index contributed by atoms with van der Waals surface area (Å²) in [5, 5.41) is 13.1. The predicted octanol–water partition coefficient (Wildman–Crippen LogP) is 6.10. The minimum Gasteiger partial charge on any atom is -0.491 e. The van der Waals surface area contributed by atoms with Gasteiger partial charge in [0.25, 0.3) is 11.8 Å². The van der Waals surface area contributed by atoms with Crippen LogP contribution in [0, 0.1) is 29.5 Å². The molecule has 1 saturated carbocycles. The minimum absolute atomic E-state index is 0.00985. The number of fused-ring (bicyclic) bond motifs is 4. The quantitative estimate of drug-likeness (QED) is 0.158. The number of imide groups is 2. The van der Waals surface area contributed by atoms with Gasteiger partial charge in [0, 0.05) is 21.4 Å². The van der Waals surface area contributed by atoms with Crippen LogP contribution in [0.25, 0.3) is 0 Å². The molecule has 2 N–H and O–H groups in total. The zero-order chi connectivity index (χ0) is 35.4. The second-order valence-electron chi connectivity index (χ2n) is 13.3. The van der Waals surface area contributed by atoms with Gasteiger partial charge < -0.3 is 9.84 Å². The van der Waals surface area contributed by atoms with E-state index in [4.69, 9.17) is 16.3 Å². The maximum Gasteiger partial charge on any atom is 0.260 e. The van der Waals surface area contributed by atoms with Crippen LogP contribution in [0.5, 0.6) is 5.75 Å². The number of aliphatic hydroxyl groups excluding tert-OH is 1. The van der Waals surface area contributed by atoms with E-state index in [1.165, 1.54) is 40.5 Å². The first-order valence-corrected chi connectivity index (χ1v) is 18.1. The molecule has 4 aliphatic rings. The number of thiophene rings is 1. The molecule has 51 heavy (non-hydrogen) atoms. The molecule has 0 bridgehead atoms. The number of anilines is 1. The van der Waals surface area contributed by atoms with Gasteiger partial charge in [-0.2, -0.15) is 5.01 Å². The van der Waals surface area contributed by atoms with Gasteiger partial charge in [0.15, 0.2) is 0 Å². The van der Waals surface area contributed by atoms with Crippen molar-refractivity contribution in [2.24, 2.45) is 23.7 Å². The molecule has 8 rings (SSSR count). The molecule has 260 valence electrons. The zero-order valence-electron chi connectivity index (χ0n) is 27.2. The number of ether oxygens (including phenoxy) is 1. The van der Waals surface area contributed by atoms with E-state index < -0.39 is 52.6 Å². The fraction of sp³-hybridized carbons (Fsp3) is 0.282. The standard InChI is InChI=1S/C39H33ClFN3O6S/c40-23-9-7-22(8-10-23)39-31(36(47)44(38(39)49)42-25-13-11-24(41)12-14-25)20-30-27(34(39)28-5-1-2-6-32(28)50-18-17-45)15-16-29-33(30)37(48)43(35(29)46)21-26-4-3-19-51-26/h1-15,19,29-31,33-34,42,45H,16-18,20-21H2/t29-,30+,31-,33-,34+,39+/m0/s1. The smallest absolute Gasteiger partial charge is 0.260 e. The first-order chi connectivity index (χ1) is 24.7. The van der Waals surface area contributed by atoms with E-state index in [2.05, 4.69) is 5.43 Å². The Hall–Kier alpha value is -4.84. The van der Waals surface area contributed by atoms with Gasteiger partial charge in [-0.05, 0) is 78.2 Å². The molecule has 2 aliphatic carbocycles. The van der Waals surface area contributed by atoms with E-state index >= 15 is 4.79 Å². The van der Waals surface area contributed by atoms with Gasteiger partial charge in [0.2, 0.25) is 11.8 Å². The summed E-state index contributed by atoms with van der Waals surface area (Å²) in [4.78, 5) is 60.5. The second kappa shape index (κ2) is 13.0. The van der Waals surface area contributed by atoms with Crippen LogP contribution >= 0.6 is 22.9 Å². The van der Waals surface area contributed by atoms with Crippen molar-refractivity contribution in [2.75, 3.05) is 18.6 Å². The molecule has 2 saturated heterocycles. The van der Waals surface area contributed by atoms with Crippen LogP contribution in [0.1, 0.15) is 34.8 Å². The highest BCUT2D eigenvalue weighted by atomic mass is 35.5. The number of allylic oxidation sites excluding steroid dienone is 2. The summed E-state index contributed by atoms with van der Waals surface area (Å²) in [5.41, 5.74) is 3.70. The van der Waals surface area contributed by atoms with E-state index in [0.29, 0.717) is 34.0 Å². The van der Waals surface area contributed by atoms with Crippen LogP contribution < -0.4 is 10.2 Å². The number of nitrogens with zero attached hydrogens (tertiary/aromatic N) is 2. The van der Waals surface area contributed by atoms with Crippen LogP contribution in [0.4, 0.5) is 10.1 Å². The fourth-order valence-electron chi connectivity index (χ4n) is 8.79. The van der Waals surface area contributed by atoms with E-state index in [9.17, 15) is 23.9 Å². The lowest BCUT2D eigenvalue weighted by Gasteiger charge is -2.50. The number of carbonyl (C=O) groups excluding carboxylic acids is 4. The first kappa shape index (κ1) is 33.3. The number of amides is 4. The Morgan fingerprint density at radius 1 is 0.922 bits per heavy atom. The maximum absolute atomic E-state index is 15.3. The lowest BCUT2D eigenvalue weighted by atomic mass is 9.49. The van der Waals surface area contributed by atoms with Gasteiger partial charge in [-0.3, -0.25) is 29.5 Å². The Bertz CT molecular complexity index is 2060. The van der Waals surface area contributed by atoms with Crippen molar-refractivity contribution in [1.82, 2.24) is 9.91 Å². The van der Waals surface area contributed by atoms with Gasteiger partial charge in [-0.1, -0.05) is 59.6 Å². The monoisotopic (exact) mass is 725 g/mol. The average Bonchev–Trinajstić information content (AvgIpc) is 3.80. The molecule has 6 atom stereocenters. The van der Waals surface area contributed by atoms with Crippen molar-refractivity contribution < 1.29 is 33.4 Å². The fourth-order valence-corrected chi connectivity index (χ4v) is 9.60. The molecule has 3 heterocycles. The summed E-state index contributed by atoms with van der Waals surface area (Å²) < 4.78 is 19.9. The molecule has 0 radical (unpaired) electrons. The third-order valence-corrected chi connectivity index (χ3v) is 11.9. The Balaban J connectivity index is 1.32. The molecule has 9 nitrogen and oxygen atoms in total. The van der Waals surface area contributed by atoms with Crippen molar-refractivity contribution in [3.8, 4) is 5.75 Å². The molecule has 0 unspecified atom stereocenters. The van der Waals surface area contributed by atoms with Gasteiger partial charge in [0.1, 0.15) is 18.2 Å². The number of likely N-dealkylation sites (tertiary alicyclic amines) is 1. The molecule has 3 fully saturated rings. The zero-order valence-corrected chi connectivity index (χ0v) is 28.8. The average molecular weight is 726 g/mol. The molecule has 12 heteroatoms. The predicted molar refractivity (Wildman–Crippen MR) is 188 cm³/mol. The van der Waals surface area contributed by atoms with Crippen molar-refractivity contribution in [2.45, 2.75) is 30.7 Å². The first-order valence-electron chi connectivity index (χ1n) is 16.8. The lowest BCUT2D eigenvalue weighted by Crippen LogP contribution is -2.53. The number of halogens is 2. The Kier molecular flexibility index (Phi) is 8.52. The maximum atomic E-state index is 15.3. The number of hydrogen-bond donors (Lipinski definition) is 2. The number of hydrogen-bond acceptors (Lipinski definition) is 8. The summed E-state index contributed by atoms with van der Waals surface area (Å²) >= 11 is 7.85. The van der Waals surface area contributed by atoms with Crippen molar-refractivity contribution in [3.63, 3.8) is 0 Å². The van der Waals surface area contributed by atoms with Crippen LogP contribution in [0.2, 0.25) is 5.02 Å². The molecular weight excluding hydrogens is 693 g/mol. The molecular formula is C39H33ClFN3O6S. The third kappa shape index (κ3) is 5.29. The van der Waals surface area contributed by atoms with Gasteiger partial charge in [-0.15, -0.1) is 11.3 Å². The van der Waals surface area contributed by atoms with E-state index in [1.807, 2.05) is 35.7 Å². The van der Waals surface area contributed by atoms with Crippen molar-refractivity contribution in [3.05, 3.63) is 129 Å².